The van der Waals surface area contributed by atoms with Gasteiger partial charge in [-0.25, -0.2) is 4.39 Å². The van der Waals surface area contributed by atoms with Crippen molar-refractivity contribution < 1.29 is 27.4 Å². The van der Waals surface area contributed by atoms with Crippen LogP contribution in [0.4, 0.5) is 18.9 Å². The van der Waals surface area contributed by atoms with Gasteiger partial charge in [0.15, 0.2) is 11.5 Å². The van der Waals surface area contributed by atoms with Crippen molar-refractivity contribution in [3.8, 4) is 11.5 Å². The van der Waals surface area contributed by atoms with E-state index < -0.39 is 12.5 Å². The summed E-state index contributed by atoms with van der Waals surface area (Å²) in [5, 5.41) is 2.90. The Kier molecular flexibility index (Phi) is 6.51. The molecule has 3 rings (SSSR count). The number of piperidine rings is 1. The molecule has 5 nitrogen and oxygen atoms in total. The summed E-state index contributed by atoms with van der Waals surface area (Å²) in [5.41, 5.74) is 1.65. The molecule has 1 heterocycles. The fourth-order valence-corrected chi connectivity index (χ4v) is 3.45. The van der Waals surface area contributed by atoms with Gasteiger partial charge in [0.25, 0.3) is 5.91 Å². The quantitative estimate of drug-likeness (QED) is 0.781. The van der Waals surface area contributed by atoms with Crippen LogP contribution in [-0.4, -0.2) is 38.8 Å². The van der Waals surface area contributed by atoms with Crippen molar-refractivity contribution in [3.05, 3.63) is 53.3 Å². The molecule has 1 N–H and O–H groups in total. The minimum atomic E-state index is -3.03. The third-order valence-corrected chi connectivity index (χ3v) is 4.84. The van der Waals surface area contributed by atoms with Crippen molar-refractivity contribution in [2.45, 2.75) is 32.4 Å². The summed E-state index contributed by atoms with van der Waals surface area (Å²) in [6, 6.07) is 8.85. The molecule has 1 atom stereocenters. The number of nitrogens with zero attached hydrogens (tertiary/aromatic N) is 1. The number of carbonyl (C=O) groups excluding carboxylic acids is 1. The maximum absolute atomic E-state index is 14.2. The first kappa shape index (κ1) is 20.8. The number of nitrogens with one attached hydrogen (secondary N) is 1. The second-order valence-electron chi connectivity index (χ2n) is 6.96. The van der Waals surface area contributed by atoms with Crippen molar-refractivity contribution in [2.75, 3.05) is 25.1 Å². The molecule has 0 radical (unpaired) electrons. The predicted molar refractivity (Wildman–Crippen MR) is 103 cm³/mol. The lowest BCUT2D eigenvalue weighted by atomic mass is 10.0. The van der Waals surface area contributed by atoms with Crippen LogP contribution >= 0.6 is 0 Å². The monoisotopic (exact) mass is 408 g/mol. The summed E-state index contributed by atoms with van der Waals surface area (Å²) in [7, 11) is 1.33. The van der Waals surface area contributed by atoms with Crippen LogP contribution in [0.2, 0.25) is 0 Å². The molecule has 1 fully saturated rings. The van der Waals surface area contributed by atoms with Gasteiger partial charge in [0.1, 0.15) is 5.82 Å². The Labute approximate surface area is 167 Å². The van der Waals surface area contributed by atoms with Crippen molar-refractivity contribution >= 4 is 11.6 Å². The van der Waals surface area contributed by atoms with E-state index in [0.717, 1.165) is 18.4 Å². The van der Waals surface area contributed by atoms with Crippen LogP contribution in [-0.2, 0) is 0 Å². The maximum Gasteiger partial charge on any atom is 0.387 e. The molecule has 2 aromatic rings. The zero-order chi connectivity index (χ0) is 21.0. The number of amides is 1. The van der Waals surface area contributed by atoms with Crippen LogP contribution in [0.15, 0.2) is 36.4 Å². The number of alkyl halides is 2. The largest absolute Gasteiger partial charge is 0.493 e. The van der Waals surface area contributed by atoms with Gasteiger partial charge < -0.3 is 19.7 Å². The normalized spacial score (nSPS) is 16.6. The maximum atomic E-state index is 14.2. The number of benzene rings is 2. The Bertz CT molecular complexity index is 876. The zero-order valence-electron chi connectivity index (χ0n) is 16.3. The minimum absolute atomic E-state index is 0.112. The molecule has 0 spiro atoms. The number of carbonyl (C=O) groups is 1. The lowest BCUT2D eigenvalue weighted by Gasteiger charge is -2.35. The molecule has 0 aliphatic carbocycles. The number of rotatable bonds is 6. The SMILES string of the molecule is COc1ccc(C(=O)NC2CCCN(c3cc(C)ccc3F)C2)cc1OC(F)F. The first-order valence-electron chi connectivity index (χ1n) is 9.32. The Balaban J connectivity index is 1.71. The summed E-state index contributed by atoms with van der Waals surface area (Å²) >= 11 is 0. The number of aryl methyl sites for hydroxylation is 1. The molecule has 29 heavy (non-hydrogen) atoms. The molecule has 0 saturated carbocycles. The lowest BCUT2D eigenvalue weighted by Crippen LogP contribution is -2.48. The van der Waals surface area contributed by atoms with E-state index in [1.807, 2.05) is 11.8 Å². The zero-order valence-corrected chi connectivity index (χ0v) is 16.3. The van der Waals surface area contributed by atoms with Crippen molar-refractivity contribution in [1.29, 1.82) is 0 Å². The Morgan fingerprint density at radius 2 is 2.00 bits per heavy atom. The molecule has 2 aromatic carbocycles. The van der Waals surface area contributed by atoms with Gasteiger partial charge in [0, 0.05) is 24.7 Å². The average Bonchev–Trinajstić information content (AvgIpc) is 2.69. The van der Waals surface area contributed by atoms with Gasteiger partial charge in [-0.3, -0.25) is 4.79 Å². The minimum Gasteiger partial charge on any atom is -0.493 e. The molecule has 1 aliphatic rings. The van der Waals surface area contributed by atoms with Crippen LogP contribution in [0.5, 0.6) is 11.5 Å². The van der Waals surface area contributed by atoms with Gasteiger partial charge in [0.2, 0.25) is 0 Å². The first-order chi connectivity index (χ1) is 13.9. The summed E-state index contributed by atoms with van der Waals surface area (Å²) < 4.78 is 48.8. The summed E-state index contributed by atoms with van der Waals surface area (Å²) in [6.07, 6.45) is 1.53. The fraction of sp³-hybridized carbons (Fsp3) is 0.381. The molecule has 8 heteroatoms. The van der Waals surface area contributed by atoms with E-state index >= 15 is 0 Å². The highest BCUT2D eigenvalue weighted by Gasteiger charge is 2.24. The fourth-order valence-electron chi connectivity index (χ4n) is 3.45. The van der Waals surface area contributed by atoms with E-state index in [4.69, 9.17) is 4.74 Å². The highest BCUT2D eigenvalue weighted by molar-refractivity contribution is 5.95. The summed E-state index contributed by atoms with van der Waals surface area (Å²) in [4.78, 5) is 14.5. The van der Waals surface area contributed by atoms with Gasteiger partial charge in [0.05, 0.1) is 12.8 Å². The number of halogens is 3. The second-order valence-corrected chi connectivity index (χ2v) is 6.96. The van der Waals surface area contributed by atoms with Crippen LogP contribution in [0, 0.1) is 12.7 Å². The standard InChI is InChI=1S/C21H23F3N2O3/c1-13-5-7-16(22)17(10-13)26-9-3-4-15(12-26)25-20(27)14-6-8-18(28-2)19(11-14)29-21(23)24/h5-8,10-11,15,21H,3-4,9,12H2,1-2H3,(H,25,27). The number of hydrogen-bond acceptors (Lipinski definition) is 4. The van der Waals surface area contributed by atoms with E-state index in [9.17, 15) is 18.0 Å². The van der Waals surface area contributed by atoms with Gasteiger partial charge in [-0.1, -0.05) is 6.07 Å². The third kappa shape index (κ3) is 5.13. The van der Waals surface area contributed by atoms with E-state index in [1.54, 1.807) is 12.1 Å². The van der Waals surface area contributed by atoms with Gasteiger partial charge in [-0.15, -0.1) is 0 Å². The Morgan fingerprint density at radius 1 is 1.21 bits per heavy atom. The van der Waals surface area contributed by atoms with Gasteiger partial charge in [-0.2, -0.15) is 8.78 Å². The predicted octanol–water partition coefficient (Wildman–Crippen LogP) is 4.14. The van der Waals surface area contributed by atoms with Crippen molar-refractivity contribution in [1.82, 2.24) is 5.32 Å². The van der Waals surface area contributed by atoms with E-state index in [-0.39, 0.29) is 28.9 Å². The van der Waals surface area contributed by atoms with E-state index in [1.165, 1.54) is 31.4 Å². The van der Waals surface area contributed by atoms with E-state index in [0.29, 0.717) is 18.8 Å². The smallest absolute Gasteiger partial charge is 0.387 e. The topological polar surface area (TPSA) is 50.8 Å². The van der Waals surface area contributed by atoms with E-state index in [2.05, 4.69) is 10.1 Å². The van der Waals surface area contributed by atoms with Crippen LogP contribution in [0.25, 0.3) is 0 Å². The molecule has 0 bridgehead atoms. The number of methoxy groups -OCH3 is 1. The Hall–Kier alpha value is -2.90. The van der Waals surface area contributed by atoms with Crippen LogP contribution < -0.4 is 19.7 Å². The summed E-state index contributed by atoms with van der Waals surface area (Å²) in [6.45, 7) is 0.0254. The van der Waals surface area contributed by atoms with Crippen LogP contribution in [0.3, 0.4) is 0 Å². The van der Waals surface area contributed by atoms with Crippen molar-refractivity contribution in [2.24, 2.45) is 0 Å². The number of hydrogen-bond donors (Lipinski definition) is 1. The number of ether oxygens (including phenoxy) is 2. The first-order valence-corrected chi connectivity index (χ1v) is 9.32. The molecule has 1 aliphatic heterocycles. The summed E-state index contributed by atoms with van der Waals surface area (Å²) in [5.74, 6) is -0.808. The third-order valence-electron chi connectivity index (χ3n) is 4.84. The molecule has 0 aromatic heterocycles. The van der Waals surface area contributed by atoms with Gasteiger partial charge in [-0.05, 0) is 55.7 Å². The molecule has 1 unspecified atom stereocenters. The highest BCUT2D eigenvalue weighted by Crippen LogP contribution is 2.30. The molecular weight excluding hydrogens is 385 g/mol. The molecular formula is C21H23F3N2O3. The van der Waals surface area contributed by atoms with Crippen molar-refractivity contribution in [3.63, 3.8) is 0 Å². The molecule has 1 amide bonds. The lowest BCUT2D eigenvalue weighted by molar-refractivity contribution is -0.0512. The van der Waals surface area contributed by atoms with Crippen LogP contribution in [0.1, 0.15) is 28.8 Å². The molecule has 156 valence electrons. The highest BCUT2D eigenvalue weighted by atomic mass is 19.3. The Morgan fingerprint density at radius 3 is 2.72 bits per heavy atom. The second kappa shape index (κ2) is 9.07. The number of anilines is 1. The average molecular weight is 408 g/mol. The van der Waals surface area contributed by atoms with Gasteiger partial charge >= 0.3 is 6.61 Å². The molecule has 1 saturated heterocycles.